The van der Waals surface area contributed by atoms with Gasteiger partial charge in [-0.25, -0.2) is 4.98 Å². The quantitative estimate of drug-likeness (QED) is 0.667. The number of piperidine rings is 1. The number of benzene rings is 1. The Kier molecular flexibility index (Phi) is 5.61. The Hall–Kier alpha value is -2.50. The minimum atomic E-state index is 0.561. The van der Waals surface area contributed by atoms with Crippen molar-refractivity contribution in [2.75, 3.05) is 20.1 Å². The SMILES string of the molecule is CN1CCC(N(Cc2ccncc2)Cc2coc(-c3ccccc3)n2)CC1. The van der Waals surface area contributed by atoms with Crippen LogP contribution in [0.2, 0.25) is 0 Å². The van der Waals surface area contributed by atoms with Gasteiger partial charge < -0.3 is 9.32 Å². The van der Waals surface area contributed by atoms with Crippen molar-refractivity contribution in [2.24, 2.45) is 0 Å². The molecule has 4 rings (SSSR count). The van der Waals surface area contributed by atoms with E-state index in [0.29, 0.717) is 11.9 Å². The van der Waals surface area contributed by atoms with Crippen molar-refractivity contribution < 1.29 is 4.42 Å². The fraction of sp³-hybridized carbons (Fsp3) is 0.364. The fourth-order valence-corrected chi connectivity index (χ4v) is 3.70. The summed E-state index contributed by atoms with van der Waals surface area (Å²) in [5, 5.41) is 0. The molecule has 27 heavy (non-hydrogen) atoms. The molecule has 0 bridgehead atoms. The van der Waals surface area contributed by atoms with Crippen LogP contribution in [0.15, 0.2) is 65.5 Å². The smallest absolute Gasteiger partial charge is 0.226 e. The summed E-state index contributed by atoms with van der Waals surface area (Å²) in [6.07, 6.45) is 7.91. The second-order valence-electron chi connectivity index (χ2n) is 7.30. The highest BCUT2D eigenvalue weighted by Crippen LogP contribution is 2.23. The minimum Gasteiger partial charge on any atom is -0.444 e. The van der Waals surface area contributed by atoms with Crippen LogP contribution in [0.25, 0.3) is 11.5 Å². The zero-order valence-electron chi connectivity index (χ0n) is 15.8. The number of nitrogens with zero attached hydrogens (tertiary/aromatic N) is 4. The topological polar surface area (TPSA) is 45.4 Å². The summed E-state index contributed by atoms with van der Waals surface area (Å²) in [5.41, 5.74) is 3.29. The van der Waals surface area contributed by atoms with Crippen molar-refractivity contribution in [1.82, 2.24) is 19.8 Å². The van der Waals surface area contributed by atoms with Crippen molar-refractivity contribution in [3.63, 3.8) is 0 Å². The molecule has 0 N–H and O–H groups in total. The van der Waals surface area contributed by atoms with Crippen molar-refractivity contribution in [3.8, 4) is 11.5 Å². The zero-order chi connectivity index (χ0) is 18.5. The van der Waals surface area contributed by atoms with E-state index < -0.39 is 0 Å². The third-order valence-corrected chi connectivity index (χ3v) is 5.28. The molecule has 0 atom stereocenters. The van der Waals surface area contributed by atoms with Gasteiger partial charge in [-0.2, -0.15) is 0 Å². The largest absolute Gasteiger partial charge is 0.444 e. The maximum Gasteiger partial charge on any atom is 0.226 e. The van der Waals surface area contributed by atoms with Crippen LogP contribution in [0.5, 0.6) is 0 Å². The second kappa shape index (κ2) is 8.46. The van der Waals surface area contributed by atoms with Crippen LogP contribution in [0, 0.1) is 0 Å². The molecule has 1 aromatic carbocycles. The Morgan fingerprint density at radius 1 is 1.04 bits per heavy atom. The van der Waals surface area contributed by atoms with E-state index in [2.05, 4.69) is 34.0 Å². The Morgan fingerprint density at radius 2 is 1.78 bits per heavy atom. The summed E-state index contributed by atoms with van der Waals surface area (Å²) in [4.78, 5) is 13.8. The van der Waals surface area contributed by atoms with E-state index in [1.54, 1.807) is 6.26 Å². The molecular formula is C22H26N4O. The predicted octanol–water partition coefficient (Wildman–Crippen LogP) is 3.83. The van der Waals surface area contributed by atoms with Gasteiger partial charge in [0.1, 0.15) is 6.26 Å². The van der Waals surface area contributed by atoms with Gasteiger partial charge >= 0.3 is 0 Å². The van der Waals surface area contributed by atoms with E-state index in [4.69, 9.17) is 9.40 Å². The summed E-state index contributed by atoms with van der Waals surface area (Å²) in [5.74, 6) is 0.692. The second-order valence-corrected chi connectivity index (χ2v) is 7.30. The van der Waals surface area contributed by atoms with Gasteiger partial charge in [0, 0.05) is 37.1 Å². The van der Waals surface area contributed by atoms with Crippen LogP contribution >= 0.6 is 0 Å². The lowest BCUT2D eigenvalue weighted by atomic mass is 10.0. The molecule has 0 unspecified atom stereocenters. The highest BCUT2D eigenvalue weighted by atomic mass is 16.3. The molecule has 5 nitrogen and oxygen atoms in total. The molecule has 1 saturated heterocycles. The number of likely N-dealkylation sites (tertiary alicyclic amines) is 1. The molecule has 140 valence electrons. The molecule has 5 heteroatoms. The molecule has 3 heterocycles. The van der Waals surface area contributed by atoms with E-state index >= 15 is 0 Å². The Balaban J connectivity index is 1.51. The summed E-state index contributed by atoms with van der Waals surface area (Å²) in [6, 6.07) is 14.8. The summed E-state index contributed by atoms with van der Waals surface area (Å²) in [7, 11) is 2.20. The first-order chi connectivity index (χ1) is 13.3. The molecule has 1 aliphatic heterocycles. The normalized spacial score (nSPS) is 16.1. The highest BCUT2D eigenvalue weighted by molar-refractivity contribution is 5.52. The third kappa shape index (κ3) is 4.62. The maximum atomic E-state index is 5.75. The third-order valence-electron chi connectivity index (χ3n) is 5.28. The number of aromatic nitrogens is 2. The van der Waals surface area contributed by atoms with Gasteiger partial charge in [0.2, 0.25) is 5.89 Å². The van der Waals surface area contributed by atoms with Crippen LogP contribution in [0.3, 0.4) is 0 Å². The minimum absolute atomic E-state index is 0.561. The molecule has 0 aliphatic carbocycles. The van der Waals surface area contributed by atoms with Gasteiger partial charge in [-0.1, -0.05) is 18.2 Å². The van der Waals surface area contributed by atoms with Gasteiger partial charge in [0.25, 0.3) is 0 Å². The number of pyridine rings is 1. The van der Waals surface area contributed by atoms with Crippen LogP contribution in [-0.4, -0.2) is 45.9 Å². The number of hydrogen-bond donors (Lipinski definition) is 0. The van der Waals surface area contributed by atoms with Gasteiger partial charge in [0.05, 0.1) is 5.69 Å². The standard InChI is InChI=1S/C22H26N4O/c1-25-13-9-21(10-14-25)26(15-18-7-11-23-12-8-18)16-20-17-27-22(24-20)19-5-3-2-4-6-19/h2-8,11-12,17,21H,9-10,13-16H2,1H3. The molecule has 0 saturated carbocycles. The van der Waals surface area contributed by atoms with Gasteiger partial charge in [0.15, 0.2) is 0 Å². The number of hydrogen-bond acceptors (Lipinski definition) is 5. The molecule has 3 aromatic rings. The molecule has 0 spiro atoms. The predicted molar refractivity (Wildman–Crippen MR) is 106 cm³/mol. The highest BCUT2D eigenvalue weighted by Gasteiger charge is 2.24. The zero-order valence-corrected chi connectivity index (χ0v) is 15.8. The number of rotatable bonds is 6. The Bertz CT molecular complexity index is 826. The Labute approximate surface area is 160 Å². The molecule has 0 amide bonds. The van der Waals surface area contributed by atoms with Crippen molar-refractivity contribution in [2.45, 2.75) is 32.0 Å². The summed E-state index contributed by atoms with van der Waals surface area (Å²) < 4.78 is 5.75. The van der Waals surface area contributed by atoms with E-state index in [-0.39, 0.29) is 0 Å². The lowest BCUT2D eigenvalue weighted by molar-refractivity contribution is 0.107. The Morgan fingerprint density at radius 3 is 2.52 bits per heavy atom. The molecule has 2 aromatic heterocycles. The summed E-state index contributed by atoms with van der Waals surface area (Å²) in [6.45, 7) is 3.99. The average Bonchev–Trinajstić information content (AvgIpc) is 3.18. The van der Waals surface area contributed by atoms with Gasteiger partial charge in [-0.15, -0.1) is 0 Å². The first-order valence-corrected chi connectivity index (χ1v) is 9.59. The molecule has 1 fully saturated rings. The molecule has 0 radical (unpaired) electrons. The van der Waals surface area contributed by atoms with E-state index in [0.717, 1.165) is 37.4 Å². The van der Waals surface area contributed by atoms with Crippen LogP contribution in [-0.2, 0) is 13.1 Å². The lowest BCUT2D eigenvalue weighted by Gasteiger charge is -2.37. The van der Waals surface area contributed by atoms with Crippen molar-refractivity contribution in [3.05, 3.63) is 72.4 Å². The first-order valence-electron chi connectivity index (χ1n) is 9.59. The van der Waals surface area contributed by atoms with Gasteiger partial charge in [-0.3, -0.25) is 9.88 Å². The van der Waals surface area contributed by atoms with E-state index in [1.165, 1.54) is 18.4 Å². The van der Waals surface area contributed by atoms with Crippen LogP contribution in [0.1, 0.15) is 24.1 Å². The average molecular weight is 362 g/mol. The number of oxazole rings is 1. The molecular weight excluding hydrogens is 336 g/mol. The van der Waals surface area contributed by atoms with Crippen LogP contribution < -0.4 is 0 Å². The van der Waals surface area contributed by atoms with E-state index in [9.17, 15) is 0 Å². The fourth-order valence-electron chi connectivity index (χ4n) is 3.70. The first kappa shape index (κ1) is 17.9. The van der Waals surface area contributed by atoms with E-state index in [1.807, 2.05) is 42.7 Å². The van der Waals surface area contributed by atoms with Crippen molar-refractivity contribution >= 4 is 0 Å². The van der Waals surface area contributed by atoms with Crippen molar-refractivity contribution in [1.29, 1.82) is 0 Å². The summed E-state index contributed by atoms with van der Waals surface area (Å²) >= 11 is 0. The van der Waals surface area contributed by atoms with Gasteiger partial charge in [-0.05, 0) is 62.8 Å². The molecule has 1 aliphatic rings. The maximum absolute atomic E-state index is 5.75. The lowest BCUT2D eigenvalue weighted by Crippen LogP contribution is -2.43. The monoisotopic (exact) mass is 362 g/mol. The van der Waals surface area contributed by atoms with Crippen LogP contribution in [0.4, 0.5) is 0 Å².